The zero-order valence-electron chi connectivity index (χ0n) is 12.6. The van der Waals surface area contributed by atoms with Gasteiger partial charge in [0.15, 0.2) is 0 Å². The Labute approximate surface area is 119 Å². The second-order valence-electron chi connectivity index (χ2n) is 6.39. The van der Waals surface area contributed by atoms with E-state index < -0.39 is 11.7 Å². The molecule has 0 aliphatic heterocycles. The van der Waals surface area contributed by atoms with E-state index >= 15 is 0 Å². The second-order valence-corrected chi connectivity index (χ2v) is 6.39. The van der Waals surface area contributed by atoms with Crippen LogP contribution in [0.1, 0.15) is 45.2 Å². The van der Waals surface area contributed by atoms with E-state index in [1.54, 1.807) is 12.1 Å². The Bertz CT molecular complexity index is 405. The second kappa shape index (κ2) is 6.61. The molecule has 0 spiro atoms. The lowest BCUT2D eigenvalue weighted by Gasteiger charge is -2.25. The van der Waals surface area contributed by atoms with Crippen LogP contribution >= 0.6 is 0 Å². The van der Waals surface area contributed by atoms with Crippen molar-refractivity contribution < 1.29 is 13.2 Å². The molecule has 0 aliphatic carbocycles. The van der Waals surface area contributed by atoms with Gasteiger partial charge in [-0.1, -0.05) is 39.8 Å². The van der Waals surface area contributed by atoms with Crippen molar-refractivity contribution in [3.05, 3.63) is 35.4 Å². The molecule has 0 radical (unpaired) electrons. The topological polar surface area (TPSA) is 12.0 Å². The van der Waals surface area contributed by atoms with E-state index in [2.05, 4.69) is 33.0 Å². The molecule has 0 atom stereocenters. The number of alkyl halides is 3. The van der Waals surface area contributed by atoms with Crippen LogP contribution < -0.4 is 5.32 Å². The van der Waals surface area contributed by atoms with Gasteiger partial charge in [-0.2, -0.15) is 13.2 Å². The molecule has 0 amide bonds. The summed E-state index contributed by atoms with van der Waals surface area (Å²) < 4.78 is 37.5. The molecule has 1 N–H and O–H groups in total. The first kappa shape index (κ1) is 17.0. The van der Waals surface area contributed by atoms with Crippen molar-refractivity contribution in [2.75, 3.05) is 6.54 Å². The van der Waals surface area contributed by atoms with Gasteiger partial charge in [-0.15, -0.1) is 0 Å². The molecule has 1 rings (SSSR count). The highest BCUT2D eigenvalue weighted by atomic mass is 19.4. The Morgan fingerprint density at radius 1 is 1.05 bits per heavy atom. The summed E-state index contributed by atoms with van der Waals surface area (Å²) in [5, 5.41) is 3.37. The Balaban J connectivity index is 2.59. The third-order valence-electron chi connectivity index (χ3n) is 3.32. The highest BCUT2D eigenvalue weighted by Crippen LogP contribution is 2.31. The standard InChI is InChI=1S/C16H24F3N/c1-12(2)20-10-9-15(3,4)11-13-5-7-14(8-6-13)16(17,18)19/h5-8,12,20H,9-11H2,1-4H3. The van der Waals surface area contributed by atoms with Crippen LogP contribution in [0.5, 0.6) is 0 Å². The molecule has 1 aromatic rings. The van der Waals surface area contributed by atoms with Gasteiger partial charge in [-0.05, 0) is 42.5 Å². The van der Waals surface area contributed by atoms with Gasteiger partial charge in [-0.25, -0.2) is 0 Å². The number of halogens is 3. The van der Waals surface area contributed by atoms with E-state index in [1.165, 1.54) is 0 Å². The molecule has 0 fully saturated rings. The van der Waals surface area contributed by atoms with Crippen molar-refractivity contribution >= 4 is 0 Å². The van der Waals surface area contributed by atoms with Gasteiger partial charge >= 0.3 is 6.18 Å². The summed E-state index contributed by atoms with van der Waals surface area (Å²) in [6.07, 6.45) is -2.48. The maximum Gasteiger partial charge on any atom is 0.416 e. The van der Waals surface area contributed by atoms with Gasteiger partial charge < -0.3 is 5.32 Å². The SMILES string of the molecule is CC(C)NCCC(C)(C)Cc1ccc(C(F)(F)F)cc1. The van der Waals surface area contributed by atoms with E-state index in [9.17, 15) is 13.2 Å². The van der Waals surface area contributed by atoms with Gasteiger partial charge in [-0.3, -0.25) is 0 Å². The minimum atomic E-state index is -4.25. The minimum Gasteiger partial charge on any atom is -0.315 e. The predicted octanol–water partition coefficient (Wildman–Crippen LogP) is 4.66. The lowest BCUT2D eigenvalue weighted by atomic mass is 9.82. The highest BCUT2D eigenvalue weighted by molar-refractivity contribution is 5.25. The summed E-state index contributed by atoms with van der Waals surface area (Å²) in [6.45, 7) is 9.41. The van der Waals surface area contributed by atoms with Crippen molar-refractivity contribution in [2.24, 2.45) is 5.41 Å². The molecule has 0 saturated heterocycles. The summed E-state index contributed by atoms with van der Waals surface area (Å²) in [6, 6.07) is 5.95. The number of hydrogen-bond donors (Lipinski definition) is 1. The largest absolute Gasteiger partial charge is 0.416 e. The number of benzene rings is 1. The molecule has 4 heteroatoms. The molecule has 20 heavy (non-hydrogen) atoms. The molecule has 1 aromatic carbocycles. The minimum absolute atomic E-state index is 0.0711. The smallest absolute Gasteiger partial charge is 0.315 e. The lowest BCUT2D eigenvalue weighted by molar-refractivity contribution is -0.137. The molecule has 114 valence electrons. The van der Waals surface area contributed by atoms with Gasteiger partial charge in [0.2, 0.25) is 0 Å². The summed E-state index contributed by atoms with van der Waals surface area (Å²) in [5.41, 5.74) is 0.440. The van der Waals surface area contributed by atoms with Gasteiger partial charge in [0, 0.05) is 6.04 Å². The van der Waals surface area contributed by atoms with Crippen LogP contribution in [0.3, 0.4) is 0 Å². The van der Waals surface area contributed by atoms with Crippen LogP contribution in [0.4, 0.5) is 13.2 Å². The number of hydrogen-bond acceptors (Lipinski definition) is 1. The fourth-order valence-electron chi connectivity index (χ4n) is 2.15. The van der Waals surface area contributed by atoms with Crippen LogP contribution in [0.25, 0.3) is 0 Å². The van der Waals surface area contributed by atoms with Crippen molar-refractivity contribution in [3.8, 4) is 0 Å². The maximum absolute atomic E-state index is 12.5. The first-order valence-corrected chi connectivity index (χ1v) is 7.00. The molecular formula is C16H24F3N. The summed E-state index contributed by atoms with van der Waals surface area (Å²) in [5.74, 6) is 0. The first-order chi connectivity index (χ1) is 9.10. The Morgan fingerprint density at radius 2 is 1.60 bits per heavy atom. The molecular weight excluding hydrogens is 263 g/mol. The van der Waals surface area contributed by atoms with Crippen molar-refractivity contribution in [1.29, 1.82) is 0 Å². The Kier molecular flexibility index (Phi) is 5.63. The quantitative estimate of drug-likeness (QED) is 0.802. The van der Waals surface area contributed by atoms with E-state index in [0.717, 1.165) is 37.1 Å². The Morgan fingerprint density at radius 3 is 2.05 bits per heavy atom. The highest BCUT2D eigenvalue weighted by Gasteiger charge is 2.30. The molecule has 0 saturated carbocycles. The van der Waals surface area contributed by atoms with Crippen molar-refractivity contribution in [1.82, 2.24) is 5.32 Å². The summed E-state index contributed by atoms with van der Waals surface area (Å²) >= 11 is 0. The van der Waals surface area contributed by atoms with Crippen molar-refractivity contribution in [3.63, 3.8) is 0 Å². The monoisotopic (exact) mass is 287 g/mol. The number of rotatable bonds is 6. The fraction of sp³-hybridized carbons (Fsp3) is 0.625. The van der Waals surface area contributed by atoms with E-state index in [-0.39, 0.29) is 5.41 Å². The normalized spacial score (nSPS) is 13.0. The third kappa shape index (κ3) is 5.95. The average Bonchev–Trinajstić information content (AvgIpc) is 2.26. The summed E-state index contributed by atoms with van der Waals surface area (Å²) in [4.78, 5) is 0. The molecule has 0 unspecified atom stereocenters. The van der Waals surface area contributed by atoms with E-state index in [0.29, 0.717) is 6.04 Å². The van der Waals surface area contributed by atoms with Gasteiger partial charge in [0.25, 0.3) is 0 Å². The fourth-order valence-corrected chi connectivity index (χ4v) is 2.15. The van der Waals surface area contributed by atoms with Crippen LogP contribution in [-0.4, -0.2) is 12.6 Å². The summed E-state index contributed by atoms with van der Waals surface area (Å²) in [7, 11) is 0. The molecule has 0 heterocycles. The lowest BCUT2D eigenvalue weighted by Crippen LogP contribution is -2.28. The zero-order chi connectivity index (χ0) is 15.4. The zero-order valence-corrected chi connectivity index (χ0v) is 12.6. The first-order valence-electron chi connectivity index (χ1n) is 7.00. The number of nitrogens with one attached hydrogen (secondary N) is 1. The average molecular weight is 287 g/mol. The van der Waals surface area contributed by atoms with Crippen LogP contribution in [0, 0.1) is 5.41 Å². The molecule has 0 aliphatic rings. The van der Waals surface area contributed by atoms with E-state index in [4.69, 9.17) is 0 Å². The van der Waals surface area contributed by atoms with Crippen LogP contribution in [-0.2, 0) is 12.6 Å². The van der Waals surface area contributed by atoms with Crippen LogP contribution in [0.2, 0.25) is 0 Å². The molecule has 0 bridgehead atoms. The Hall–Kier alpha value is -1.03. The molecule has 1 nitrogen and oxygen atoms in total. The maximum atomic E-state index is 12.5. The third-order valence-corrected chi connectivity index (χ3v) is 3.32. The van der Waals surface area contributed by atoms with E-state index in [1.807, 2.05) is 0 Å². The predicted molar refractivity (Wildman–Crippen MR) is 76.7 cm³/mol. The van der Waals surface area contributed by atoms with Crippen LogP contribution in [0.15, 0.2) is 24.3 Å². The molecule has 0 aromatic heterocycles. The van der Waals surface area contributed by atoms with Gasteiger partial charge in [0.1, 0.15) is 0 Å². The van der Waals surface area contributed by atoms with Gasteiger partial charge in [0.05, 0.1) is 5.56 Å². The van der Waals surface area contributed by atoms with Crippen molar-refractivity contribution in [2.45, 2.75) is 52.8 Å².